The molecule has 5 heteroatoms. The molecule has 2 aliphatic rings. The Hall–Kier alpha value is -1.10. The molecule has 138 valence electrons. The second kappa shape index (κ2) is 9.02. The highest BCUT2D eigenvalue weighted by Gasteiger charge is 2.26. The molecular formula is C20H30ClN3O. The zero-order valence-corrected chi connectivity index (χ0v) is 16.0. The van der Waals surface area contributed by atoms with Crippen molar-refractivity contribution in [2.45, 2.75) is 32.7 Å². The minimum Gasteiger partial charge on any atom is -0.340 e. The number of amides is 1. The molecule has 0 spiro atoms. The molecule has 2 heterocycles. The number of nitrogens with zero attached hydrogens (tertiary/aromatic N) is 2. The molecule has 2 aliphatic heterocycles. The summed E-state index contributed by atoms with van der Waals surface area (Å²) in [5, 5.41) is 4.19. The Labute approximate surface area is 156 Å². The summed E-state index contributed by atoms with van der Waals surface area (Å²) in [6, 6.07) is 8.05. The van der Waals surface area contributed by atoms with Crippen molar-refractivity contribution in [1.29, 1.82) is 0 Å². The quantitative estimate of drug-likeness (QED) is 0.873. The fraction of sp³-hybridized carbons (Fsp3) is 0.650. The maximum absolute atomic E-state index is 12.6. The van der Waals surface area contributed by atoms with Gasteiger partial charge in [0.1, 0.15) is 0 Å². The Morgan fingerprint density at radius 1 is 1.16 bits per heavy atom. The van der Waals surface area contributed by atoms with E-state index >= 15 is 0 Å². The third kappa shape index (κ3) is 5.44. The highest BCUT2D eigenvalue weighted by Crippen LogP contribution is 2.25. The van der Waals surface area contributed by atoms with Crippen LogP contribution in [0.25, 0.3) is 0 Å². The van der Waals surface area contributed by atoms with Gasteiger partial charge in [-0.2, -0.15) is 0 Å². The molecule has 0 saturated carbocycles. The van der Waals surface area contributed by atoms with Crippen molar-refractivity contribution in [2.75, 3.05) is 39.3 Å². The van der Waals surface area contributed by atoms with Gasteiger partial charge in [0.15, 0.2) is 0 Å². The smallest absolute Gasteiger partial charge is 0.222 e. The largest absolute Gasteiger partial charge is 0.340 e. The third-order valence-corrected chi connectivity index (χ3v) is 5.98. The summed E-state index contributed by atoms with van der Waals surface area (Å²) in [5.74, 6) is 1.55. The number of piperazine rings is 1. The van der Waals surface area contributed by atoms with Crippen LogP contribution in [-0.4, -0.2) is 55.0 Å². The Kier molecular flexibility index (Phi) is 6.74. The number of carbonyl (C=O) groups excluding carboxylic acids is 1. The molecule has 0 aliphatic carbocycles. The van der Waals surface area contributed by atoms with Gasteiger partial charge in [0.25, 0.3) is 0 Å². The van der Waals surface area contributed by atoms with Crippen molar-refractivity contribution < 1.29 is 4.79 Å². The van der Waals surface area contributed by atoms with Crippen LogP contribution in [0.3, 0.4) is 0 Å². The van der Waals surface area contributed by atoms with E-state index in [2.05, 4.69) is 34.2 Å². The molecule has 1 atom stereocenters. The lowest BCUT2D eigenvalue weighted by atomic mass is 9.84. The maximum atomic E-state index is 12.6. The molecule has 1 unspecified atom stereocenters. The zero-order valence-electron chi connectivity index (χ0n) is 15.2. The average Bonchev–Trinajstić information content (AvgIpc) is 2.65. The molecule has 0 radical (unpaired) electrons. The van der Waals surface area contributed by atoms with Crippen LogP contribution in [0.15, 0.2) is 24.3 Å². The number of rotatable bonds is 5. The molecule has 4 nitrogen and oxygen atoms in total. The van der Waals surface area contributed by atoms with Crippen LogP contribution in [0.1, 0.15) is 31.7 Å². The predicted molar refractivity (Wildman–Crippen MR) is 103 cm³/mol. The van der Waals surface area contributed by atoms with Crippen molar-refractivity contribution in [3.05, 3.63) is 34.9 Å². The van der Waals surface area contributed by atoms with Crippen LogP contribution in [-0.2, 0) is 11.3 Å². The summed E-state index contributed by atoms with van der Waals surface area (Å²) in [4.78, 5) is 17.1. The number of piperidine rings is 1. The van der Waals surface area contributed by atoms with Crippen molar-refractivity contribution in [3.8, 4) is 0 Å². The van der Waals surface area contributed by atoms with E-state index in [-0.39, 0.29) is 0 Å². The van der Waals surface area contributed by atoms with Crippen LogP contribution >= 0.6 is 11.6 Å². The van der Waals surface area contributed by atoms with Gasteiger partial charge >= 0.3 is 0 Å². The van der Waals surface area contributed by atoms with Gasteiger partial charge < -0.3 is 10.2 Å². The van der Waals surface area contributed by atoms with E-state index < -0.39 is 0 Å². The standard InChI is InChI=1S/C20H30ClN3O/c1-16(18-6-8-22-9-7-18)14-20(25)24-12-10-23(11-13-24)15-17-2-4-19(21)5-3-17/h2-5,16,18,22H,6-15H2,1H3. The van der Waals surface area contributed by atoms with Crippen LogP contribution in [0.5, 0.6) is 0 Å². The molecule has 0 aromatic heterocycles. The number of benzene rings is 1. The van der Waals surface area contributed by atoms with Crippen LogP contribution in [0, 0.1) is 11.8 Å². The lowest BCUT2D eigenvalue weighted by Crippen LogP contribution is -2.48. The van der Waals surface area contributed by atoms with Gasteiger partial charge in [0, 0.05) is 44.2 Å². The predicted octanol–water partition coefficient (Wildman–Crippen LogP) is 3.01. The van der Waals surface area contributed by atoms with Crippen LogP contribution in [0.4, 0.5) is 0 Å². The van der Waals surface area contributed by atoms with E-state index in [4.69, 9.17) is 11.6 Å². The number of halogens is 1. The molecule has 2 saturated heterocycles. The van der Waals surface area contributed by atoms with Gasteiger partial charge in [-0.15, -0.1) is 0 Å². The van der Waals surface area contributed by atoms with E-state index in [1.54, 1.807) is 0 Å². The van der Waals surface area contributed by atoms with Gasteiger partial charge in [-0.25, -0.2) is 0 Å². The molecule has 1 aromatic rings. The first-order valence-electron chi connectivity index (χ1n) is 9.57. The Balaban J connectivity index is 1.41. The Morgan fingerprint density at radius 3 is 2.44 bits per heavy atom. The van der Waals surface area contributed by atoms with Crippen molar-refractivity contribution in [3.63, 3.8) is 0 Å². The first-order valence-corrected chi connectivity index (χ1v) is 9.95. The zero-order chi connectivity index (χ0) is 17.6. The fourth-order valence-electron chi connectivity index (χ4n) is 3.99. The van der Waals surface area contributed by atoms with Crippen molar-refractivity contribution in [2.24, 2.45) is 11.8 Å². The number of nitrogens with one attached hydrogen (secondary N) is 1. The normalized spacial score (nSPS) is 21.3. The maximum Gasteiger partial charge on any atom is 0.222 e. The first-order chi connectivity index (χ1) is 12.1. The van der Waals surface area contributed by atoms with E-state index in [1.807, 2.05) is 12.1 Å². The summed E-state index contributed by atoms with van der Waals surface area (Å²) in [5.41, 5.74) is 1.28. The summed E-state index contributed by atoms with van der Waals surface area (Å²) in [7, 11) is 0. The number of hydrogen-bond acceptors (Lipinski definition) is 3. The number of hydrogen-bond donors (Lipinski definition) is 1. The Bertz CT molecular complexity index is 549. The summed E-state index contributed by atoms with van der Waals surface area (Å²) >= 11 is 5.94. The molecule has 3 rings (SSSR count). The topological polar surface area (TPSA) is 35.6 Å². The highest BCUT2D eigenvalue weighted by atomic mass is 35.5. The second-order valence-corrected chi connectivity index (χ2v) is 7.99. The third-order valence-electron chi connectivity index (χ3n) is 5.73. The van der Waals surface area contributed by atoms with Gasteiger partial charge in [0.2, 0.25) is 5.91 Å². The molecule has 25 heavy (non-hydrogen) atoms. The molecule has 1 amide bonds. The fourth-order valence-corrected chi connectivity index (χ4v) is 4.11. The molecule has 0 bridgehead atoms. The second-order valence-electron chi connectivity index (χ2n) is 7.55. The lowest BCUT2D eigenvalue weighted by Gasteiger charge is -2.36. The monoisotopic (exact) mass is 363 g/mol. The van der Waals surface area contributed by atoms with Gasteiger partial charge in [-0.05, 0) is 55.5 Å². The lowest BCUT2D eigenvalue weighted by molar-refractivity contribution is -0.134. The van der Waals surface area contributed by atoms with Crippen molar-refractivity contribution >= 4 is 17.5 Å². The SMILES string of the molecule is CC(CC(=O)N1CCN(Cc2ccc(Cl)cc2)CC1)C1CCNCC1. The summed E-state index contributed by atoms with van der Waals surface area (Å²) in [6.45, 7) is 9.01. The molecule has 2 fully saturated rings. The molecule has 1 aromatic carbocycles. The number of carbonyl (C=O) groups is 1. The molecular weight excluding hydrogens is 334 g/mol. The van der Waals surface area contributed by atoms with Gasteiger partial charge in [-0.1, -0.05) is 30.7 Å². The van der Waals surface area contributed by atoms with Gasteiger partial charge in [-0.3, -0.25) is 9.69 Å². The molecule has 1 N–H and O–H groups in total. The van der Waals surface area contributed by atoms with E-state index in [0.29, 0.717) is 24.2 Å². The minimum absolute atomic E-state index is 0.345. The summed E-state index contributed by atoms with van der Waals surface area (Å²) < 4.78 is 0. The van der Waals surface area contributed by atoms with E-state index in [9.17, 15) is 4.79 Å². The van der Waals surface area contributed by atoms with E-state index in [1.165, 1.54) is 18.4 Å². The highest BCUT2D eigenvalue weighted by molar-refractivity contribution is 6.30. The van der Waals surface area contributed by atoms with Gasteiger partial charge in [0.05, 0.1) is 0 Å². The first kappa shape index (κ1) is 18.7. The Morgan fingerprint density at radius 2 is 1.80 bits per heavy atom. The minimum atomic E-state index is 0.345. The van der Waals surface area contributed by atoms with Crippen LogP contribution < -0.4 is 5.32 Å². The van der Waals surface area contributed by atoms with Crippen molar-refractivity contribution in [1.82, 2.24) is 15.1 Å². The van der Waals surface area contributed by atoms with E-state index in [0.717, 1.165) is 50.8 Å². The van der Waals surface area contributed by atoms with Crippen LogP contribution in [0.2, 0.25) is 5.02 Å². The average molecular weight is 364 g/mol. The summed E-state index contributed by atoms with van der Waals surface area (Å²) in [6.07, 6.45) is 3.13.